The zero-order chi connectivity index (χ0) is 20.9. The van der Waals surface area contributed by atoms with Crippen molar-refractivity contribution in [2.75, 3.05) is 0 Å². The highest BCUT2D eigenvalue weighted by atomic mass is 35.5. The summed E-state index contributed by atoms with van der Waals surface area (Å²) >= 11 is 6.14. The second-order valence-corrected chi connectivity index (χ2v) is 8.45. The summed E-state index contributed by atoms with van der Waals surface area (Å²) < 4.78 is 4.87. The quantitative estimate of drug-likeness (QED) is 0.492. The molecule has 5 nitrogen and oxygen atoms in total. The smallest absolute Gasteiger partial charge is 0.336 e. The average molecular weight is 410 g/mol. The summed E-state index contributed by atoms with van der Waals surface area (Å²) in [5.74, 6) is 0.431. The molecule has 0 saturated carbocycles. The number of aromatic nitrogens is 3. The molecule has 0 aliphatic heterocycles. The standard InChI is InChI=1S/C23H24ClN3O2/c1-14(2)10-11-26-20-18-12-15(3)8-9-19(18)25(4)21(20)22(28)27(23(26)29)17-7-5-6-16(24)13-17/h5-9,12-14H,10-11H2,1-4H3. The molecule has 0 N–H and O–H groups in total. The number of halogens is 1. The molecule has 0 aliphatic rings. The Bertz CT molecular complexity index is 1360. The topological polar surface area (TPSA) is 48.9 Å². The molecular formula is C23H24ClN3O2. The zero-order valence-corrected chi connectivity index (χ0v) is 17.8. The van der Waals surface area contributed by atoms with Crippen LogP contribution in [0.1, 0.15) is 25.8 Å². The lowest BCUT2D eigenvalue weighted by Crippen LogP contribution is -2.39. The number of rotatable bonds is 4. The maximum atomic E-state index is 13.5. The molecule has 0 spiro atoms. The fourth-order valence-electron chi connectivity index (χ4n) is 3.90. The summed E-state index contributed by atoms with van der Waals surface area (Å²) in [4.78, 5) is 27.1. The molecule has 4 aromatic rings. The van der Waals surface area contributed by atoms with Crippen LogP contribution in [-0.2, 0) is 13.6 Å². The molecule has 4 rings (SSSR count). The van der Waals surface area contributed by atoms with Crippen molar-refractivity contribution >= 4 is 33.5 Å². The molecule has 2 heterocycles. The summed E-state index contributed by atoms with van der Waals surface area (Å²) in [7, 11) is 1.88. The fraction of sp³-hybridized carbons (Fsp3) is 0.304. The minimum Gasteiger partial charge on any atom is -0.338 e. The molecule has 0 fully saturated rings. The van der Waals surface area contributed by atoms with Gasteiger partial charge in [0, 0.05) is 24.0 Å². The van der Waals surface area contributed by atoms with Crippen molar-refractivity contribution in [1.29, 1.82) is 0 Å². The molecular weight excluding hydrogens is 386 g/mol. The monoisotopic (exact) mass is 409 g/mol. The Kier molecular flexibility index (Phi) is 4.87. The van der Waals surface area contributed by atoms with Gasteiger partial charge in [-0.05, 0) is 49.6 Å². The van der Waals surface area contributed by atoms with Gasteiger partial charge in [-0.2, -0.15) is 0 Å². The van der Waals surface area contributed by atoms with E-state index >= 15 is 0 Å². The molecule has 0 atom stereocenters. The molecule has 2 aromatic carbocycles. The maximum absolute atomic E-state index is 13.5. The lowest BCUT2D eigenvalue weighted by atomic mass is 10.1. The summed E-state index contributed by atoms with van der Waals surface area (Å²) in [5, 5.41) is 1.41. The lowest BCUT2D eigenvalue weighted by molar-refractivity contribution is 0.507. The van der Waals surface area contributed by atoms with Gasteiger partial charge in [-0.3, -0.25) is 9.36 Å². The first-order valence-electron chi connectivity index (χ1n) is 9.80. The Morgan fingerprint density at radius 3 is 2.48 bits per heavy atom. The molecule has 2 aromatic heterocycles. The van der Waals surface area contributed by atoms with E-state index in [1.54, 1.807) is 28.8 Å². The summed E-state index contributed by atoms with van der Waals surface area (Å²) in [6.07, 6.45) is 0.838. The van der Waals surface area contributed by atoms with Crippen LogP contribution in [-0.4, -0.2) is 13.7 Å². The van der Waals surface area contributed by atoms with Gasteiger partial charge in [-0.15, -0.1) is 0 Å². The van der Waals surface area contributed by atoms with Crippen LogP contribution in [0, 0.1) is 12.8 Å². The first-order chi connectivity index (χ1) is 13.8. The van der Waals surface area contributed by atoms with Crippen molar-refractivity contribution in [2.45, 2.75) is 33.7 Å². The van der Waals surface area contributed by atoms with Crippen LogP contribution < -0.4 is 11.2 Å². The molecule has 0 saturated heterocycles. The van der Waals surface area contributed by atoms with Gasteiger partial charge in [0.15, 0.2) is 0 Å². The van der Waals surface area contributed by atoms with Gasteiger partial charge in [0.05, 0.1) is 16.7 Å². The Balaban J connectivity index is 2.20. The van der Waals surface area contributed by atoms with E-state index in [-0.39, 0.29) is 11.2 Å². The van der Waals surface area contributed by atoms with E-state index < -0.39 is 0 Å². The van der Waals surface area contributed by atoms with Gasteiger partial charge in [-0.1, -0.05) is 43.1 Å². The largest absolute Gasteiger partial charge is 0.338 e. The molecule has 150 valence electrons. The molecule has 0 amide bonds. The Hall–Kier alpha value is -2.79. The highest BCUT2D eigenvalue weighted by Gasteiger charge is 2.21. The highest BCUT2D eigenvalue weighted by Crippen LogP contribution is 2.27. The van der Waals surface area contributed by atoms with Crippen molar-refractivity contribution in [3.8, 4) is 5.69 Å². The van der Waals surface area contributed by atoms with Crippen molar-refractivity contribution in [3.05, 3.63) is 73.9 Å². The van der Waals surface area contributed by atoms with Crippen LogP contribution in [0.4, 0.5) is 0 Å². The number of hydrogen-bond acceptors (Lipinski definition) is 2. The average Bonchev–Trinajstić information content (AvgIpc) is 2.94. The van der Waals surface area contributed by atoms with Crippen LogP contribution in [0.3, 0.4) is 0 Å². The highest BCUT2D eigenvalue weighted by molar-refractivity contribution is 6.30. The molecule has 0 unspecified atom stereocenters. The van der Waals surface area contributed by atoms with Gasteiger partial charge >= 0.3 is 5.69 Å². The number of benzene rings is 2. The predicted molar refractivity (Wildman–Crippen MR) is 119 cm³/mol. The first kappa shape index (κ1) is 19.5. The van der Waals surface area contributed by atoms with Crippen molar-refractivity contribution in [2.24, 2.45) is 13.0 Å². The number of aryl methyl sites for hydroxylation is 3. The second-order valence-electron chi connectivity index (χ2n) is 8.01. The summed E-state index contributed by atoms with van der Waals surface area (Å²) in [6, 6.07) is 12.9. The van der Waals surface area contributed by atoms with Crippen LogP contribution >= 0.6 is 11.6 Å². The van der Waals surface area contributed by atoms with Crippen LogP contribution in [0.15, 0.2) is 52.1 Å². The van der Waals surface area contributed by atoms with Gasteiger partial charge in [-0.25, -0.2) is 9.36 Å². The normalized spacial score (nSPS) is 11.8. The van der Waals surface area contributed by atoms with Gasteiger partial charge in [0.2, 0.25) is 0 Å². The van der Waals surface area contributed by atoms with E-state index in [1.165, 1.54) is 4.57 Å². The third kappa shape index (κ3) is 3.19. The van der Waals surface area contributed by atoms with E-state index in [4.69, 9.17) is 11.6 Å². The number of hydrogen-bond donors (Lipinski definition) is 0. The lowest BCUT2D eigenvalue weighted by Gasteiger charge is -2.14. The van der Waals surface area contributed by atoms with Gasteiger partial charge in [0.25, 0.3) is 5.56 Å². The van der Waals surface area contributed by atoms with Crippen LogP contribution in [0.2, 0.25) is 5.02 Å². The van der Waals surface area contributed by atoms with E-state index in [2.05, 4.69) is 13.8 Å². The minimum absolute atomic E-state index is 0.329. The Morgan fingerprint density at radius 1 is 1.03 bits per heavy atom. The van der Waals surface area contributed by atoms with E-state index in [9.17, 15) is 9.59 Å². The molecule has 0 bridgehead atoms. The SMILES string of the molecule is Cc1ccc2c(c1)c1c(c(=O)n(-c3cccc(Cl)c3)c(=O)n1CCC(C)C)n2C. The molecule has 29 heavy (non-hydrogen) atoms. The van der Waals surface area contributed by atoms with Crippen LogP contribution in [0.5, 0.6) is 0 Å². The summed E-state index contributed by atoms with van der Waals surface area (Å²) in [5.41, 5.74) is 3.07. The van der Waals surface area contributed by atoms with E-state index in [0.717, 1.165) is 22.9 Å². The van der Waals surface area contributed by atoms with Crippen LogP contribution in [0.25, 0.3) is 27.6 Å². The van der Waals surface area contributed by atoms with E-state index in [1.807, 2.05) is 36.7 Å². The predicted octanol–water partition coefficient (Wildman–Crippen LogP) is 4.65. The van der Waals surface area contributed by atoms with Crippen molar-refractivity contribution < 1.29 is 0 Å². The maximum Gasteiger partial charge on any atom is 0.336 e. The fourth-order valence-corrected chi connectivity index (χ4v) is 4.09. The third-order valence-corrected chi connectivity index (χ3v) is 5.66. The molecule has 0 radical (unpaired) electrons. The third-order valence-electron chi connectivity index (χ3n) is 5.42. The van der Waals surface area contributed by atoms with Crippen molar-refractivity contribution in [1.82, 2.24) is 13.7 Å². The first-order valence-corrected chi connectivity index (χ1v) is 10.2. The van der Waals surface area contributed by atoms with Gasteiger partial charge in [0.1, 0.15) is 5.52 Å². The zero-order valence-electron chi connectivity index (χ0n) is 17.1. The summed E-state index contributed by atoms with van der Waals surface area (Å²) in [6.45, 7) is 6.81. The van der Waals surface area contributed by atoms with Crippen molar-refractivity contribution in [3.63, 3.8) is 0 Å². The molecule has 0 aliphatic carbocycles. The number of fused-ring (bicyclic) bond motifs is 3. The van der Waals surface area contributed by atoms with E-state index in [0.29, 0.717) is 34.2 Å². The minimum atomic E-state index is -0.334. The Labute approximate surface area is 173 Å². The molecule has 6 heteroatoms. The number of nitrogens with zero attached hydrogens (tertiary/aromatic N) is 3. The Morgan fingerprint density at radius 2 is 1.79 bits per heavy atom. The van der Waals surface area contributed by atoms with Gasteiger partial charge < -0.3 is 4.57 Å². The second kappa shape index (κ2) is 7.23.